The Morgan fingerprint density at radius 3 is 3.21 bits per heavy atom. The molecule has 0 radical (unpaired) electrons. The monoisotopic (exact) mass is 195 g/mol. The first-order valence-electron chi connectivity index (χ1n) is 5.26. The second-order valence-corrected chi connectivity index (χ2v) is 3.76. The maximum Gasteiger partial charge on any atom is 0.105 e. The minimum atomic E-state index is 0.714. The number of hydrogen-bond donors (Lipinski definition) is 1. The minimum Gasteiger partial charge on any atom is -0.469 e. The molecule has 1 aliphatic rings. The number of nitrogens with one attached hydrogen (secondary N) is 1. The number of rotatable bonds is 5. The molecule has 2 rings (SSSR count). The summed E-state index contributed by atoms with van der Waals surface area (Å²) < 4.78 is 10.5. The van der Waals surface area contributed by atoms with E-state index in [9.17, 15) is 0 Å². The zero-order valence-electron chi connectivity index (χ0n) is 8.37. The van der Waals surface area contributed by atoms with E-state index in [4.69, 9.17) is 9.15 Å². The van der Waals surface area contributed by atoms with Gasteiger partial charge in [-0.15, -0.1) is 0 Å². The van der Waals surface area contributed by atoms with Crippen molar-refractivity contribution in [3.63, 3.8) is 0 Å². The molecule has 0 aromatic carbocycles. The van der Waals surface area contributed by atoms with Crippen LogP contribution in [0, 0.1) is 5.92 Å². The third-order valence-electron chi connectivity index (χ3n) is 2.59. The molecule has 3 nitrogen and oxygen atoms in total. The third-order valence-corrected chi connectivity index (χ3v) is 2.59. The van der Waals surface area contributed by atoms with Gasteiger partial charge in [0.25, 0.3) is 0 Å². The Kier molecular flexibility index (Phi) is 3.60. The molecule has 1 aliphatic heterocycles. The molecule has 0 amide bonds. The Bertz CT molecular complexity index is 240. The Morgan fingerprint density at radius 2 is 2.50 bits per heavy atom. The average Bonchev–Trinajstić information content (AvgIpc) is 2.86. The van der Waals surface area contributed by atoms with Crippen LogP contribution in [0.1, 0.15) is 12.2 Å². The second kappa shape index (κ2) is 5.17. The van der Waals surface area contributed by atoms with E-state index in [0.717, 1.165) is 38.5 Å². The summed E-state index contributed by atoms with van der Waals surface area (Å²) in [7, 11) is 0. The van der Waals surface area contributed by atoms with Gasteiger partial charge in [-0.25, -0.2) is 0 Å². The van der Waals surface area contributed by atoms with Crippen LogP contribution in [0.2, 0.25) is 0 Å². The lowest BCUT2D eigenvalue weighted by Crippen LogP contribution is -2.25. The molecule has 78 valence electrons. The van der Waals surface area contributed by atoms with Crippen molar-refractivity contribution in [2.45, 2.75) is 12.8 Å². The van der Waals surface area contributed by atoms with E-state index in [1.54, 1.807) is 6.26 Å². The standard InChI is InChI=1S/C11H17NO2/c1-2-11(14-6-1)3-5-12-8-10-4-7-13-9-10/h1-2,6,10,12H,3-5,7-9H2. The van der Waals surface area contributed by atoms with E-state index in [0.29, 0.717) is 5.92 Å². The van der Waals surface area contributed by atoms with Crippen molar-refractivity contribution in [2.24, 2.45) is 5.92 Å². The lowest BCUT2D eigenvalue weighted by molar-refractivity contribution is 0.185. The molecule has 0 saturated carbocycles. The normalized spacial score (nSPS) is 21.6. The van der Waals surface area contributed by atoms with Crippen LogP contribution in [0.3, 0.4) is 0 Å². The van der Waals surface area contributed by atoms with E-state index >= 15 is 0 Å². The fourth-order valence-corrected chi connectivity index (χ4v) is 1.72. The van der Waals surface area contributed by atoms with Gasteiger partial charge in [0, 0.05) is 26.1 Å². The fourth-order valence-electron chi connectivity index (χ4n) is 1.72. The Balaban J connectivity index is 1.55. The van der Waals surface area contributed by atoms with Gasteiger partial charge in [-0.05, 0) is 24.5 Å². The van der Waals surface area contributed by atoms with Gasteiger partial charge in [0.05, 0.1) is 12.9 Å². The molecule has 3 heteroatoms. The molecular weight excluding hydrogens is 178 g/mol. The molecule has 1 atom stereocenters. The first-order valence-corrected chi connectivity index (χ1v) is 5.26. The summed E-state index contributed by atoms with van der Waals surface area (Å²) in [6, 6.07) is 3.94. The summed E-state index contributed by atoms with van der Waals surface area (Å²) in [5, 5.41) is 3.43. The highest BCUT2D eigenvalue weighted by molar-refractivity contribution is 4.98. The molecule has 0 bridgehead atoms. The van der Waals surface area contributed by atoms with Crippen LogP contribution in [0.5, 0.6) is 0 Å². The first-order chi connectivity index (χ1) is 6.95. The zero-order chi connectivity index (χ0) is 9.64. The van der Waals surface area contributed by atoms with Crippen molar-refractivity contribution in [3.8, 4) is 0 Å². The number of furan rings is 1. The van der Waals surface area contributed by atoms with Crippen LogP contribution < -0.4 is 5.32 Å². The topological polar surface area (TPSA) is 34.4 Å². The van der Waals surface area contributed by atoms with Crippen molar-refractivity contribution in [3.05, 3.63) is 24.2 Å². The van der Waals surface area contributed by atoms with Crippen molar-refractivity contribution in [1.29, 1.82) is 0 Å². The van der Waals surface area contributed by atoms with Crippen LogP contribution in [0.15, 0.2) is 22.8 Å². The van der Waals surface area contributed by atoms with E-state index in [2.05, 4.69) is 5.32 Å². The van der Waals surface area contributed by atoms with Gasteiger partial charge >= 0.3 is 0 Å². The van der Waals surface area contributed by atoms with Gasteiger partial charge in [-0.2, -0.15) is 0 Å². The molecule has 2 heterocycles. The van der Waals surface area contributed by atoms with Crippen molar-refractivity contribution >= 4 is 0 Å². The molecular formula is C11H17NO2. The minimum absolute atomic E-state index is 0.714. The maximum atomic E-state index is 5.30. The van der Waals surface area contributed by atoms with Crippen molar-refractivity contribution in [2.75, 3.05) is 26.3 Å². The number of hydrogen-bond acceptors (Lipinski definition) is 3. The van der Waals surface area contributed by atoms with Gasteiger partial charge in [0.2, 0.25) is 0 Å². The summed E-state index contributed by atoms with van der Waals surface area (Å²) in [6.07, 6.45) is 3.90. The van der Waals surface area contributed by atoms with Crippen LogP contribution in [-0.4, -0.2) is 26.3 Å². The van der Waals surface area contributed by atoms with Gasteiger partial charge in [-0.1, -0.05) is 0 Å². The van der Waals surface area contributed by atoms with Crippen LogP contribution >= 0.6 is 0 Å². The first kappa shape index (κ1) is 9.74. The Labute approximate surface area is 84.4 Å². The van der Waals surface area contributed by atoms with E-state index in [1.807, 2.05) is 12.1 Å². The predicted octanol–water partition coefficient (Wildman–Crippen LogP) is 1.45. The van der Waals surface area contributed by atoms with Crippen LogP contribution in [0.4, 0.5) is 0 Å². The van der Waals surface area contributed by atoms with Crippen molar-refractivity contribution in [1.82, 2.24) is 5.32 Å². The van der Waals surface area contributed by atoms with Gasteiger partial charge in [0.1, 0.15) is 5.76 Å². The van der Waals surface area contributed by atoms with Crippen LogP contribution in [0.25, 0.3) is 0 Å². The summed E-state index contributed by atoms with van der Waals surface area (Å²) in [4.78, 5) is 0. The fraction of sp³-hybridized carbons (Fsp3) is 0.636. The summed E-state index contributed by atoms with van der Waals surface area (Å²) in [5.41, 5.74) is 0. The number of ether oxygens (including phenoxy) is 1. The smallest absolute Gasteiger partial charge is 0.105 e. The third kappa shape index (κ3) is 2.86. The molecule has 0 aliphatic carbocycles. The largest absolute Gasteiger partial charge is 0.469 e. The Morgan fingerprint density at radius 1 is 1.50 bits per heavy atom. The van der Waals surface area contributed by atoms with E-state index in [-0.39, 0.29) is 0 Å². The van der Waals surface area contributed by atoms with Crippen molar-refractivity contribution < 1.29 is 9.15 Å². The van der Waals surface area contributed by atoms with E-state index in [1.165, 1.54) is 6.42 Å². The molecule has 1 unspecified atom stereocenters. The van der Waals surface area contributed by atoms with Crippen LogP contribution in [-0.2, 0) is 11.2 Å². The molecule has 1 fully saturated rings. The lowest BCUT2D eigenvalue weighted by atomic mass is 10.1. The highest BCUT2D eigenvalue weighted by Crippen LogP contribution is 2.10. The van der Waals surface area contributed by atoms with Gasteiger partial charge in [0.15, 0.2) is 0 Å². The lowest BCUT2D eigenvalue weighted by Gasteiger charge is -2.07. The second-order valence-electron chi connectivity index (χ2n) is 3.76. The summed E-state index contributed by atoms with van der Waals surface area (Å²) in [6.45, 7) is 3.92. The molecule has 1 aromatic heterocycles. The molecule has 1 aromatic rings. The molecule has 1 N–H and O–H groups in total. The Hall–Kier alpha value is -0.800. The quantitative estimate of drug-likeness (QED) is 0.722. The molecule has 0 spiro atoms. The van der Waals surface area contributed by atoms with E-state index < -0.39 is 0 Å². The summed E-state index contributed by atoms with van der Waals surface area (Å²) in [5.74, 6) is 1.77. The van der Waals surface area contributed by atoms with Gasteiger partial charge < -0.3 is 14.5 Å². The summed E-state index contributed by atoms with van der Waals surface area (Å²) >= 11 is 0. The predicted molar refractivity (Wildman–Crippen MR) is 54.2 cm³/mol. The molecule has 14 heavy (non-hydrogen) atoms. The molecule has 1 saturated heterocycles. The highest BCUT2D eigenvalue weighted by Gasteiger charge is 2.14. The maximum absolute atomic E-state index is 5.30. The average molecular weight is 195 g/mol. The SMILES string of the molecule is c1coc(CCNCC2CCOC2)c1. The zero-order valence-corrected chi connectivity index (χ0v) is 8.37. The highest BCUT2D eigenvalue weighted by atomic mass is 16.5. The van der Waals surface area contributed by atoms with Gasteiger partial charge in [-0.3, -0.25) is 0 Å².